The topological polar surface area (TPSA) is 49.3 Å². The van der Waals surface area contributed by atoms with Crippen LogP contribution in [0, 0.1) is 0 Å². The zero-order chi connectivity index (χ0) is 12.2. The summed E-state index contributed by atoms with van der Waals surface area (Å²) in [6.07, 6.45) is 0.939. The van der Waals surface area contributed by atoms with Crippen molar-refractivity contribution in [2.75, 3.05) is 24.7 Å². The molecule has 3 nitrogen and oxygen atoms in total. The normalized spacial score (nSPS) is 14.5. The standard InChI is InChI=1S/C10H14Cl2NO2P/c1-16(14,15)6-2-5-13-10-4-3-8(11)7-9(10)12/h3-4,7,13H,2,5-6H2,1H3,(H,14,15). The number of nitrogens with one attached hydrogen (secondary N) is 1. The van der Waals surface area contributed by atoms with Gasteiger partial charge in [-0.1, -0.05) is 23.2 Å². The van der Waals surface area contributed by atoms with Gasteiger partial charge in [0.05, 0.1) is 10.7 Å². The molecule has 1 rings (SSSR count). The van der Waals surface area contributed by atoms with Crippen LogP contribution in [-0.2, 0) is 4.57 Å². The van der Waals surface area contributed by atoms with E-state index < -0.39 is 7.37 Å². The van der Waals surface area contributed by atoms with Crippen LogP contribution >= 0.6 is 30.6 Å². The van der Waals surface area contributed by atoms with Crippen LogP contribution in [0.15, 0.2) is 18.2 Å². The summed E-state index contributed by atoms with van der Waals surface area (Å²) in [5, 5.41) is 4.23. The van der Waals surface area contributed by atoms with Gasteiger partial charge in [0.15, 0.2) is 7.37 Å². The predicted molar refractivity (Wildman–Crippen MR) is 70.2 cm³/mol. The smallest absolute Gasteiger partial charge is 0.197 e. The lowest BCUT2D eigenvalue weighted by Gasteiger charge is -2.09. The molecule has 1 atom stereocenters. The molecule has 0 saturated carbocycles. The lowest BCUT2D eigenvalue weighted by molar-refractivity contribution is 0.483. The molecule has 6 heteroatoms. The molecule has 16 heavy (non-hydrogen) atoms. The Bertz CT molecular complexity index is 406. The second-order valence-corrected chi connectivity index (χ2v) is 7.07. The minimum atomic E-state index is -2.90. The van der Waals surface area contributed by atoms with Crippen LogP contribution in [0.1, 0.15) is 6.42 Å². The Morgan fingerprint density at radius 2 is 2.12 bits per heavy atom. The zero-order valence-corrected chi connectivity index (χ0v) is 11.3. The molecular formula is C10H14Cl2NO2P. The Morgan fingerprint density at radius 1 is 1.44 bits per heavy atom. The lowest BCUT2D eigenvalue weighted by Crippen LogP contribution is -2.04. The summed E-state index contributed by atoms with van der Waals surface area (Å²) in [4.78, 5) is 9.09. The monoisotopic (exact) mass is 281 g/mol. The predicted octanol–water partition coefficient (Wildman–Crippen LogP) is 3.70. The van der Waals surface area contributed by atoms with Crippen LogP contribution in [0.25, 0.3) is 0 Å². The van der Waals surface area contributed by atoms with Crippen molar-refractivity contribution < 1.29 is 9.46 Å². The SMILES string of the molecule is CP(=O)(O)CCCNc1ccc(Cl)cc1Cl. The average Bonchev–Trinajstić information content (AvgIpc) is 2.13. The highest BCUT2D eigenvalue weighted by Crippen LogP contribution is 2.35. The van der Waals surface area contributed by atoms with E-state index in [-0.39, 0.29) is 0 Å². The van der Waals surface area contributed by atoms with Crippen LogP contribution in [0.3, 0.4) is 0 Å². The maximum atomic E-state index is 11.0. The molecule has 0 aromatic heterocycles. The molecule has 0 aliphatic carbocycles. The summed E-state index contributed by atoms with van der Waals surface area (Å²) < 4.78 is 11.0. The fourth-order valence-corrected chi connectivity index (χ4v) is 2.45. The van der Waals surface area contributed by atoms with Crippen molar-refractivity contribution in [2.24, 2.45) is 0 Å². The van der Waals surface area contributed by atoms with Gasteiger partial charge < -0.3 is 10.2 Å². The lowest BCUT2D eigenvalue weighted by atomic mass is 10.3. The van der Waals surface area contributed by atoms with Gasteiger partial charge in [-0.05, 0) is 24.6 Å². The van der Waals surface area contributed by atoms with E-state index in [1.165, 1.54) is 6.66 Å². The summed E-state index contributed by atoms with van der Waals surface area (Å²) >= 11 is 11.7. The summed E-state index contributed by atoms with van der Waals surface area (Å²) in [6.45, 7) is 1.97. The first-order valence-corrected chi connectivity index (χ1v) is 7.91. The third-order valence-electron chi connectivity index (χ3n) is 2.00. The molecule has 0 spiro atoms. The van der Waals surface area contributed by atoms with Gasteiger partial charge in [-0.25, -0.2) is 0 Å². The minimum Gasteiger partial charge on any atom is -0.384 e. The van der Waals surface area contributed by atoms with Crippen molar-refractivity contribution in [1.82, 2.24) is 0 Å². The minimum absolute atomic E-state index is 0.311. The van der Waals surface area contributed by atoms with Crippen molar-refractivity contribution in [3.05, 3.63) is 28.2 Å². The van der Waals surface area contributed by atoms with Gasteiger partial charge in [-0.2, -0.15) is 0 Å². The van der Waals surface area contributed by atoms with Gasteiger partial charge in [0.1, 0.15) is 0 Å². The third kappa shape index (κ3) is 5.22. The van der Waals surface area contributed by atoms with E-state index >= 15 is 0 Å². The van der Waals surface area contributed by atoms with Gasteiger partial charge in [-0.3, -0.25) is 4.57 Å². The number of benzene rings is 1. The quantitative estimate of drug-likeness (QED) is 0.639. The Morgan fingerprint density at radius 3 is 2.69 bits per heavy atom. The van der Waals surface area contributed by atoms with E-state index in [2.05, 4.69) is 5.32 Å². The molecule has 0 saturated heterocycles. The molecule has 1 aromatic carbocycles. The summed E-state index contributed by atoms with van der Waals surface area (Å²) in [5.74, 6) is 0. The number of anilines is 1. The molecule has 1 unspecified atom stereocenters. The number of halogens is 2. The van der Waals surface area contributed by atoms with Crippen molar-refractivity contribution in [1.29, 1.82) is 0 Å². The van der Waals surface area contributed by atoms with Crippen LogP contribution in [0.5, 0.6) is 0 Å². The first-order valence-electron chi connectivity index (χ1n) is 4.87. The van der Waals surface area contributed by atoms with Gasteiger partial charge in [0.25, 0.3) is 0 Å². The molecule has 1 aromatic rings. The van der Waals surface area contributed by atoms with Crippen LogP contribution in [0.4, 0.5) is 5.69 Å². The fraction of sp³-hybridized carbons (Fsp3) is 0.400. The molecule has 0 aliphatic heterocycles. The van der Waals surface area contributed by atoms with Crippen LogP contribution in [0.2, 0.25) is 10.0 Å². The first kappa shape index (κ1) is 13.9. The van der Waals surface area contributed by atoms with Crippen molar-refractivity contribution in [3.8, 4) is 0 Å². The Labute approximate surface area is 105 Å². The maximum Gasteiger partial charge on any atom is 0.197 e. The van der Waals surface area contributed by atoms with Crippen LogP contribution < -0.4 is 5.32 Å². The van der Waals surface area contributed by atoms with E-state index in [0.29, 0.717) is 29.2 Å². The highest BCUT2D eigenvalue weighted by Gasteiger charge is 2.08. The Balaban J connectivity index is 2.41. The second kappa shape index (κ2) is 5.92. The highest BCUT2D eigenvalue weighted by molar-refractivity contribution is 7.57. The number of rotatable bonds is 5. The molecule has 0 aliphatic rings. The molecule has 90 valence electrons. The molecule has 0 radical (unpaired) electrons. The Hall–Kier alpha value is -0.210. The average molecular weight is 282 g/mol. The van der Waals surface area contributed by atoms with Crippen molar-refractivity contribution >= 4 is 36.3 Å². The zero-order valence-electron chi connectivity index (χ0n) is 8.91. The number of hydrogen-bond donors (Lipinski definition) is 2. The van der Waals surface area contributed by atoms with E-state index in [4.69, 9.17) is 28.1 Å². The third-order valence-corrected chi connectivity index (χ3v) is 3.69. The Kier molecular flexibility index (Phi) is 5.13. The molecule has 0 bridgehead atoms. The van der Waals surface area contributed by atoms with E-state index in [1.807, 2.05) is 0 Å². The van der Waals surface area contributed by atoms with E-state index in [0.717, 1.165) is 5.69 Å². The molecule has 0 heterocycles. The second-order valence-electron chi connectivity index (χ2n) is 3.68. The van der Waals surface area contributed by atoms with Gasteiger partial charge >= 0.3 is 0 Å². The van der Waals surface area contributed by atoms with E-state index in [1.54, 1.807) is 18.2 Å². The van der Waals surface area contributed by atoms with Gasteiger partial charge in [-0.15, -0.1) is 0 Å². The summed E-state index contributed by atoms with van der Waals surface area (Å²) in [5.41, 5.74) is 0.787. The van der Waals surface area contributed by atoms with Gasteiger partial charge in [0.2, 0.25) is 0 Å². The maximum absolute atomic E-state index is 11.0. The summed E-state index contributed by atoms with van der Waals surface area (Å²) in [7, 11) is -2.90. The molecule has 0 amide bonds. The number of hydrogen-bond acceptors (Lipinski definition) is 2. The van der Waals surface area contributed by atoms with Crippen LogP contribution in [-0.4, -0.2) is 24.3 Å². The molecular weight excluding hydrogens is 268 g/mol. The molecule has 2 N–H and O–H groups in total. The van der Waals surface area contributed by atoms with Crippen molar-refractivity contribution in [3.63, 3.8) is 0 Å². The van der Waals surface area contributed by atoms with Crippen molar-refractivity contribution in [2.45, 2.75) is 6.42 Å². The fourth-order valence-electron chi connectivity index (χ4n) is 1.23. The largest absolute Gasteiger partial charge is 0.384 e. The van der Waals surface area contributed by atoms with Gasteiger partial charge in [0, 0.05) is 24.4 Å². The molecule has 0 fully saturated rings. The highest BCUT2D eigenvalue weighted by atomic mass is 35.5. The summed E-state index contributed by atoms with van der Waals surface area (Å²) in [6, 6.07) is 5.18. The first-order chi connectivity index (χ1) is 7.38. The van der Waals surface area contributed by atoms with E-state index in [9.17, 15) is 4.57 Å².